The van der Waals surface area contributed by atoms with Crippen LogP contribution in [-0.4, -0.2) is 39.3 Å². The Balaban J connectivity index is 1.66. The number of anilines is 1. The number of nitrogens with one attached hydrogen (secondary N) is 1. The molecule has 0 fully saturated rings. The third-order valence-electron chi connectivity index (χ3n) is 4.37. The van der Waals surface area contributed by atoms with E-state index in [2.05, 4.69) is 15.5 Å². The largest absolute Gasteiger partial charge is 0.495 e. The van der Waals surface area contributed by atoms with Crippen LogP contribution >= 0.6 is 35.0 Å². The van der Waals surface area contributed by atoms with Gasteiger partial charge in [-0.2, -0.15) is 0 Å². The molecular formula is C21H20Cl2N4O3S. The van der Waals surface area contributed by atoms with Gasteiger partial charge in [0.25, 0.3) is 0 Å². The van der Waals surface area contributed by atoms with Crippen LogP contribution in [0.1, 0.15) is 23.1 Å². The number of para-hydroxylation sites is 2. The van der Waals surface area contributed by atoms with E-state index in [0.29, 0.717) is 44.6 Å². The molecule has 10 heteroatoms. The molecule has 7 nitrogen and oxygen atoms in total. The number of carbonyl (C=O) groups is 2. The van der Waals surface area contributed by atoms with Gasteiger partial charge < -0.3 is 14.6 Å². The molecule has 0 saturated heterocycles. The average Bonchev–Trinajstić information content (AvgIpc) is 3.13. The molecule has 0 aliphatic heterocycles. The van der Waals surface area contributed by atoms with Crippen LogP contribution in [0.25, 0.3) is 0 Å². The van der Waals surface area contributed by atoms with Gasteiger partial charge in [0.2, 0.25) is 5.91 Å². The Morgan fingerprint density at radius 3 is 2.65 bits per heavy atom. The molecule has 0 aliphatic carbocycles. The Hall–Kier alpha value is -2.55. The zero-order valence-electron chi connectivity index (χ0n) is 16.9. The fraction of sp³-hybridized carbons (Fsp3) is 0.238. The van der Waals surface area contributed by atoms with Crippen molar-refractivity contribution in [1.82, 2.24) is 14.8 Å². The number of ether oxygens (including phenoxy) is 1. The third kappa shape index (κ3) is 5.78. The summed E-state index contributed by atoms with van der Waals surface area (Å²) in [5.74, 6) is 0.824. The molecule has 0 radical (unpaired) electrons. The minimum atomic E-state index is -0.243. The van der Waals surface area contributed by atoms with Gasteiger partial charge in [-0.05, 0) is 37.3 Å². The highest BCUT2D eigenvalue weighted by Crippen LogP contribution is 2.25. The molecule has 0 spiro atoms. The Bertz CT molecular complexity index is 1100. The van der Waals surface area contributed by atoms with E-state index in [1.807, 2.05) is 23.6 Å². The van der Waals surface area contributed by atoms with Gasteiger partial charge in [0.05, 0.1) is 30.0 Å². The zero-order valence-corrected chi connectivity index (χ0v) is 19.2. The molecule has 2 aromatic carbocycles. The van der Waals surface area contributed by atoms with E-state index < -0.39 is 0 Å². The van der Waals surface area contributed by atoms with E-state index in [1.54, 1.807) is 31.4 Å². The van der Waals surface area contributed by atoms with Crippen LogP contribution in [0.2, 0.25) is 10.0 Å². The van der Waals surface area contributed by atoms with E-state index in [0.717, 1.165) is 0 Å². The Morgan fingerprint density at radius 2 is 1.94 bits per heavy atom. The second-order valence-electron chi connectivity index (χ2n) is 6.40. The second-order valence-corrected chi connectivity index (χ2v) is 8.19. The van der Waals surface area contributed by atoms with Gasteiger partial charge in [0.15, 0.2) is 10.9 Å². The number of thioether (sulfide) groups is 1. The van der Waals surface area contributed by atoms with Crippen LogP contribution in [0.3, 0.4) is 0 Å². The van der Waals surface area contributed by atoms with Gasteiger partial charge in [-0.1, -0.05) is 47.1 Å². The fourth-order valence-electron chi connectivity index (χ4n) is 2.88. The van der Waals surface area contributed by atoms with E-state index in [9.17, 15) is 9.59 Å². The number of hydrogen-bond acceptors (Lipinski definition) is 6. The van der Waals surface area contributed by atoms with E-state index in [-0.39, 0.29) is 23.9 Å². The average molecular weight is 479 g/mol. The van der Waals surface area contributed by atoms with Gasteiger partial charge in [-0.25, -0.2) is 0 Å². The van der Waals surface area contributed by atoms with Crippen LogP contribution in [-0.2, 0) is 17.8 Å². The summed E-state index contributed by atoms with van der Waals surface area (Å²) < 4.78 is 7.06. The molecule has 1 N–H and O–H groups in total. The molecule has 0 aliphatic rings. The second kappa shape index (κ2) is 10.7. The van der Waals surface area contributed by atoms with Crippen molar-refractivity contribution in [3.63, 3.8) is 0 Å². The number of benzene rings is 2. The predicted molar refractivity (Wildman–Crippen MR) is 123 cm³/mol. The third-order valence-corrected chi connectivity index (χ3v) is 5.89. The molecule has 3 aromatic rings. The SMILES string of the molecule is CCn1c(CC(=O)Nc2ccccc2OC)nnc1SCC(=O)c1ccc(Cl)cc1Cl. The lowest BCUT2D eigenvalue weighted by molar-refractivity contribution is -0.115. The lowest BCUT2D eigenvalue weighted by atomic mass is 10.1. The summed E-state index contributed by atoms with van der Waals surface area (Å²) in [6.45, 7) is 2.48. The molecule has 1 amide bonds. The van der Waals surface area contributed by atoms with Gasteiger partial charge in [-0.3, -0.25) is 9.59 Å². The molecule has 1 aromatic heterocycles. The zero-order chi connectivity index (χ0) is 22.4. The lowest BCUT2D eigenvalue weighted by Gasteiger charge is -2.10. The van der Waals surface area contributed by atoms with Crippen LogP contribution in [0.15, 0.2) is 47.6 Å². The lowest BCUT2D eigenvalue weighted by Crippen LogP contribution is -2.18. The molecule has 1 heterocycles. The van der Waals surface area contributed by atoms with Crippen LogP contribution in [0.5, 0.6) is 5.75 Å². The Labute approximate surface area is 194 Å². The maximum absolute atomic E-state index is 12.5. The number of ketones is 1. The van der Waals surface area contributed by atoms with E-state index >= 15 is 0 Å². The number of nitrogens with zero attached hydrogens (tertiary/aromatic N) is 3. The molecule has 0 unspecified atom stereocenters. The van der Waals surface area contributed by atoms with E-state index in [4.69, 9.17) is 27.9 Å². The number of methoxy groups -OCH3 is 1. The first-order valence-electron chi connectivity index (χ1n) is 9.39. The minimum absolute atomic E-state index is 0.0381. The van der Waals surface area contributed by atoms with Crippen molar-refractivity contribution in [2.75, 3.05) is 18.2 Å². The molecule has 162 valence electrons. The molecule has 0 bridgehead atoms. The summed E-state index contributed by atoms with van der Waals surface area (Å²) >= 11 is 13.2. The first kappa shape index (κ1) is 23.1. The minimum Gasteiger partial charge on any atom is -0.495 e. The quantitative estimate of drug-likeness (QED) is 0.352. The molecule has 0 saturated carbocycles. The van der Waals surface area contributed by atoms with Crippen LogP contribution in [0.4, 0.5) is 5.69 Å². The van der Waals surface area contributed by atoms with Crippen molar-refractivity contribution < 1.29 is 14.3 Å². The summed E-state index contributed by atoms with van der Waals surface area (Å²) in [5, 5.41) is 12.4. The number of hydrogen-bond donors (Lipinski definition) is 1. The van der Waals surface area contributed by atoms with Gasteiger partial charge in [0.1, 0.15) is 11.6 Å². The van der Waals surface area contributed by atoms with Crippen molar-refractivity contribution in [3.8, 4) is 5.75 Å². The number of halogens is 2. The maximum atomic E-state index is 12.5. The molecule has 0 atom stereocenters. The first-order valence-corrected chi connectivity index (χ1v) is 11.1. The van der Waals surface area contributed by atoms with E-state index in [1.165, 1.54) is 17.8 Å². The predicted octanol–water partition coefficient (Wildman–Crippen LogP) is 4.77. The number of rotatable bonds is 9. The first-order chi connectivity index (χ1) is 14.9. The summed E-state index contributed by atoms with van der Waals surface area (Å²) in [7, 11) is 1.54. The molecule has 31 heavy (non-hydrogen) atoms. The molecular weight excluding hydrogens is 459 g/mol. The Kier molecular flexibility index (Phi) is 7.95. The number of aromatic nitrogens is 3. The highest BCUT2D eigenvalue weighted by Gasteiger charge is 2.18. The van der Waals surface area contributed by atoms with Gasteiger partial charge >= 0.3 is 0 Å². The Morgan fingerprint density at radius 1 is 1.16 bits per heavy atom. The number of carbonyl (C=O) groups excluding carboxylic acids is 2. The normalized spacial score (nSPS) is 10.7. The number of Topliss-reactive ketones (excluding diaryl/α,β-unsaturated/α-hetero) is 1. The van der Waals surface area contributed by atoms with Crippen LogP contribution in [0, 0.1) is 0 Å². The monoisotopic (exact) mass is 478 g/mol. The van der Waals surface area contributed by atoms with Gasteiger partial charge in [0, 0.05) is 17.1 Å². The van der Waals surface area contributed by atoms with Crippen molar-refractivity contribution in [3.05, 3.63) is 63.9 Å². The smallest absolute Gasteiger partial charge is 0.232 e. The van der Waals surface area contributed by atoms with Gasteiger partial charge in [-0.15, -0.1) is 10.2 Å². The standard InChI is InChI=1S/C21H20Cl2N4O3S/c1-3-27-19(11-20(29)24-16-6-4-5-7-18(16)30-2)25-26-21(27)31-12-17(28)14-9-8-13(22)10-15(14)23/h4-10H,3,11-12H2,1-2H3,(H,24,29). The van der Waals surface area contributed by atoms with Crippen molar-refractivity contribution in [2.45, 2.75) is 25.0 Å². The summed E-state index contributed by atoms with van der Waals surface area (Å²) in [6, 6.07) is 11.9. The maximum Gasteiger partial charge on any atom is 0.232 e. The highest BCUT2D eigenvalue weighted by atomic mass is 35.5. The summed E-state index contributed by atoms with van der Waals surface area (Å²) in [5.41, 5.74) is 0.982. The fourth-order valence-corrected chi connectivity index (χ4v) is 4.30. The highest BCUT2D eigenvalue weighted by molar-refractivity contribution is 7.99. The van der Waals surface area contributed by atoms with Crippen LogP contribution < -0.4 is 10.1 Å². The number of amides is 1. The topological polar surface area (TPSA) is 86.1 Å². The van der Waals surface area contributed by atoms with Crippen molar-refractivity contribution in [1.29, 1.82) is 0 Å². The summed E-state index contributed by atoms with van der Waals surface area (Å²) in [6.07, 6.45) is 0.0381. The summed E-state index contributed by atoms with van der Waals surface area (Å²) in [4.78, 5) is 25.0. The molecule has 3 rings (SSSR count). The van der Waals surface area contributed by atoms with Crippen molar-refractivity contribution >= 4 is 52.3 Å². The van der Waals surface area contributed by atoms with Crippen molar-refractivity contribution in [2.24, 2.45) is 0 Å².